The maximum absolute atomic E-state index is 12.1. The number of hydrogen-bond acceptors (Lipinski definition) is 5. The third kappa shape index (κ3) is 7.10. The number of ether oxygens (including phenoxy) is 1. The van der Waals surface area contributed by atoms with Crippen LogP contribution < -0.4 is 20.8 Å². The molecule has 0 bridgehead atoms. The fraction of sp³-hybridized carbons (Fsp3) is 0.238. The van der Waals surface area contributed by atoms with E-state index in [4.69, 9.17) is 4.74 Å². The number of amides is 3. The standard InChI is InChI=1S/C21H24N4O4/c1-4-22-20(27)21(28)25-23-12-16-6-5-7-18(11-16)29-13-19(26)24-17-9-8-14(2)15(3)10-17/h5-12H,4,13H2,1-3H3,(H,22,27)(H,24,26)(H,25,28)/b23-12-. The van der Waals surface area contributed by atoms with Gasteiger partial charge in [0.2, 0.25) is 0 Å². The first kappa shape index (κ1) is 21.6. The van der Waals surface area contributed by atoms with E-state index >= 15 is 0 Å². The molecule has 0 aliphatic heterocycles. The zero-order chi connectivity index (χ0) is 21.2. The minimum Gasteiger partial charge on any atom is -0.484 e. The summed E-state index contributed by atoms with van der Waals surface area (Å²) >= 11 is 0. The second-order valence-electron chi connectivity index (χ2n) is 6.27. The zero-order valence-corrected chi connectivity index (χ0v) is 16.6. The highest BCUT2D eigenvalue weighted by Gasteiger charge is 2.10. The second-order valence-corrected chi connectivity index (χ2v) is 6.27. The highest BCUT2D eigenvalue weighted by molar-refractivity contribution is 6.35. The molecule has 0 spiro atoms. The number of benzene rings is 2. The predicted molar refractivity (Wildman–Crippen MR) is 111 cm³/mol. The molecular weight excluding hydrogens is 372 g/mol. The lowest BCUT2D eigenvalue weighted by Gasteiger charge is -2.09. The van der Waals surface area contributed by atoms with Crippen LogP contribution in [0.4, 0.5) is 5.69 Å². The van der Waals surface area contributed by atoms with Gasteiger partial charge in [0.25, 0.3) is 5.91 Å². The third-order valence-electron chi connectivity index (χ3n) is 3.94. The molecule has 2 aromatic carbocycles. The Bertz CT molecular complexity index is 925. The lowest BCUT2D eigenvalue weighted by Crippen LogP contribution is -2.37. The van der Waals surface area contributed by atoms with Gasteiger partial charge in [-0.3, -0.25) is 14.4 Å². The lowest BCUT2D eigenvalue weighted by molar-refractivity contribution is -0.139. The molecule has 0 saturated heterocycles. The summed E-state index contributed by atoms with van der Waals surface area (Å²) in [5.41, 5.74) is 5.73. The molecule has 0 heterocycles. The summed E-state index contributed by atoms with van der Waals surface area (Å²) in [5.74, 6) is -1.41. The number of likely N-dealkylation sites (N-methyl/N-ethyl adjacent to an activating group) is 1. The Hall–Kier alpha value is -3.68. The number of hydrogen-bond donors (Lipinski definition) is 3. The van der Waals surface area contributed by atoms with E-state index in [1.54, 1.807) is 31.2 Å². The smallest absolute Gasteiger partial charge is 0.329 e. The van der Waals surface area contributed by atoms with Gasteiger partial charge in [-0.1, -0.05) is 18.2 Å². The largest absolute Gasteiger partial charge is 0.484 e. The molecule has 8 heteroatoms. The molecule has 29 heavy (non-hydrogen) atoms. The van der Waals surface area contributed by atoms with Crippen LogP contribution in [0.15, 0.2) is 47.6 Å². The molecule has 2 aromatic rings. The zero-order valence-electron chi connectivity index (χ0n) is 16.6. The van der Waals surface area contributed by atoms with Crippen molar-refractivity contribution in [2.45, 2.75) is 20.8 Å². The van der Waals surface area contributed by atoms with Crippen LogP contribution in [0.5, 0.6) is 5.75 Å². The van der Waals surface area contributed by atoms with E-state index in [1.165, 1.54) is 6.21 Å². The van der Waals surface area contributed by atoms with Crippen LogP contribution in [0.2, 0.25) is 0 Å². The van der Waals surface area contributed by atoms with Gasteiger partial charge in [-0.05, 0) is 61.7 Å². The summed E-state index contributed by atoms with van der Waals surface area (Å²) in [4.78, 5) is 34.8. The van der Waals surface area contributed by atoms with E-state index in [9.17, 15) is 14.4 Å². The number of aryl methyl sites for hydroxylation is 2. The van der Waals surface area contributed by atoms with Crippen molar-refractivity contribution in [3.05, 3.63) is 59.2 Å². The van der Waals surface area contributed by atoms with Crippen molar-refractivity contribution in [2.75, 3.05) is 18.5 Å². The number of carbonyl (C=O) groups is 3. The van der Waals surface area contributed by atoms with Crippen molar-refractivity contribution in [2.24, 2.45) is 5.10 Å². The van der Waals surface area contributed by atoms with Gasteiger partial charge in [0.05, 0.1) is 6.21 Å². The van der Waals surface area contributed by atoms with Gasteiger partial charge < -0.3 is 15.4 Å². The first-order chi connectivity index (χ1) is 13.9. The van der Waals surface area contributed by atoms with Gasteiger partial charge >= 0.3 is 11.8 Å². The predicted octanol–water partition coefficient (Wildman–Crippen LogP) is 1.91. The van der Waals surface area contributed by atoms with Crippen molar-refractivity contribution < 1.29 is 19.1 Å². The minimum atomic E-state index is -0.849. The van der Waals surface area contributed by atoms with Crippen LogP contribution in [0.1, 0.15) is 23.6 Å². The Balaban J connectivity index is 1.86. The summed E-state index contributed by atoms with van der Waals surface area (Å²) < 4.78 is 5.51. The topological polar surface area (TPSA) is 109 Å². The molecule has 8 nitrogen and oxygen atoms in total. The van der Waals surface area contributed by atoms with Crippen LogP contribution in [0.25, 0.3) is 0 Å². The van der Waals surface area contributed by atoms with Crippen molar-refractivity contribution in [3.8, 4) is 5.75 Å². The summed E-state index contributed by atoms with van der Waals surface area (Å²) in [6, 6.07) is 12.5. The molecule has 0 unspecified atom stereocenters. The molecule has 0 aromatic heterocycles. The molecule has 0 aliphatic carbocycles. The Labute approximate surface area is 169 Å². The molecule has 3 N–H and O–H groups in total. The summed E-state index contributed by atoms with van der Waals surface area (Å²) in [7, 11) is 0. The molecular formula is C21H24N4O4. The van der Waals surface area contributed by atoms with E-state index in [0.717, 1.165) is 11.1 Å². The average Bonchev–Trinajstić information content (AvgIpc) is 2.69. The fourth-order valence-electron chi connectivity index (χ4n) is 2.31. The molecule has 0 atom stereocenters. The number of nitrogens with zero attached hydrogens (tertiary/aromatic N) is 1. The van der Waals surface area contributed by atoms with E-state index in [-0.39, 0.29) is 12.5 Å². The quantitative estimate of drug-likeness (QED) is 0.377. The maximum Gasteiger partial charge on any atom is 0.329 e. The molecule has 0 saturated carbocycles. The van der Waals surface area contributed by atoms with Gasteiger partial charge in [-0.15, -0.1) is 0 Å². The Morgan fingerprint density at radius 2 is 1.83 bits per heavy atom. The molecule has 152 valence electrons. The monoisotopic (exact) mass is 396 g/mol. The van der Waals surface area contributed by atoms with Gasteiger partial charge in [0.15, 0.2) is 6.61 Å². The number of carbonyl (C=O) groups excluding carboxylic acids is 3. The van der Waals surface area contributed by atoms with Gasteiger partial charge in [-0.2, -0.15) is 5.10 Å². The molecule has 0 fully saturated rings. The molecule has 3 amide bonds. The third-order valence-corrected chi connectivity index (χ3v) is 3.94. The van der Waals surface area contributed by atoms with Crippen molar-refractivity contribution in [1.82, 2.24) is 10.7 Å². The van der Waals surface area contributed by atoms with Crippen LogP contribution in [-0.2, 0) is 14.4 Å². The first-order valence-electron chi connectivity index (χ1n) is 9.10. The second kappa shape index (κ2) is 10.6. The fourth-order valence-corrected chi connectivity index (χ4v) is 2.31. The number of anilines is 1. The van der Waals surface area contributed by atoms with E-state index in [2.05, 4.69) is 21.2 Å². The Kier molecular flexibility index (Phi) is 7.90. The summed E-state index contributed by atoms with van der Waals surface area (Å²) in [6.45, 7) is 5.90. The number of hydrazone groups is 1. The lowest BCUT2D eigenvalue weighted by atomic mass is 10.1. The van der Waals surface area contributed by atoms with Gasteiger partial charge in [0, 0.05) is 12.2 Å². The highest BCUT2D eigenvalue weighted by atomic mass is 16.5. The van der Waals surface area contributed by atoms with Crippen LogP contribution in [0, 0.1) is 13.8 Å². The average molecular weight is 396 g/mol. The maximum atomic E-state index is 12.1. The van der Waals surface area contributed by atoms with Gasteiger partial charge in [-0.25, -0.2) is 5.43 Å². The molecule has 0 radical (unpaired) electrons. The first-order valence-corrected chi connectivity index (χ1v) is 9.10. The normalized spacial score (nSPS) is 10.4. The van der Waals surface area contributed by atoms with Crippen LogP contribution in [0.3, 0.4) is 0 Å². The van der Waals surface area contributed by atoms with E-state index in [1.807, 2.05) is 32.0 Å². The number of rotatable bonds is 7. The number of nitrogens with one attached hydrogen (secondary N) is 3. The van der Waals surface area contributed by atoms with Crippen LogP contribution in [-0.4, -0.2) is 37.1 Å². The van der Waals surface area contributed by atoms with Crippen molar-refractivity contribution in [3.63, 3.8) is 0 Å². The van der Waals surface area contributed by atoms with Crippen molar-refractivity contribution >= 4 is 29.6 Å². The Morgan fingerprint density at radius 3 is 2.55 bits per heavy atom. The molecule has 0 aliphatic rings. The van der Waals surface area contributed by atoms with Crippen LogP contribution >= 0.6 is 0 Å². The summed E-state index contributed by atoms with van der Waals surface area (Å²) in [6.07, 6.45) is 1.37. The van der Waals surface area contributed by atoms with E-state index < -0.39 is 11.8 Å². The molecule has 2 rings (SSSR count). The summed E-state index contributed by atoms with van der Waals surface area (Å²) in [5, 5.41) is 8.89. The van der Waals surface area contributed by atoms with Gasteiger partial charge in [0.1, 0.15) is 5.75 Å². The minimum absolute atomic E-state index is 0.151. The SMILES string of the molecule is CCNC(=O)C(=O)N/N=C\c1cccc(OCC(=O)Nc2ccc(C)c(C)c2)c1. The van der Waals surface area contributed by atoms with E-state index in [0.29, 0.717) is 23.5 Å². The highest BCUT2D eigenvalue weighted by Crippen LogP contribution is 2.15. The Morgan fingerprint density at radius 1 is 1.03 bits per heavy atom. The van der Waals surface area contributed by atoms with Crippen molar-refractivity contribution in [1.29, 1.82) is 0 Å².